The first kappa shape index (κ1) is 12.6. The third-order valence-corrected chi connectivity index (χ3v) is 3.73. The van der Waals surface area contributed by atoms with E-state index in [1.54, 1.807) is 0 Å². The summed E-state index contributed by atoms with van der Waals surface area (Å²) in [6, 6.07) is 1.04. The average Bonchev–Trinajstić information content (AvgIpc) is 2.70. The number of hydrogen-bond acceptors (Lipinski definition) is 4. The number of azide groups is 1. The van der Waals surface area contributed by atoms with Gasteiger partial charge in [0.1, 0.15) is 0 Å². The van der Waals surface area contributed by atoms with E-state index in [2.05, 4.69) is 10.0 Å². The Bertz CT molecular complexity index is 754. The monoisotopic (exact) mass is 299 g/mol. The van der Waals surface area contributed by atoms with Crippen molar-refractivity contribution in [3.63, 3.8) is 0 Å². The summed E-state index contributed by atoms with van der Waals surface area (Å²) in [7, 11) is 0. The Morgan fingerprint density at radius 3 is 3.00 bits per heavy atom. The van der Waals surface area contributed by atoms with Gasteiger partial charge >= 0.3 is 5.69 Å². The molecule has 8 nitrogen and oxygen atoms in total. The number of nitrogens with one attached hydrogen (secondary N) is 1. The number of H-pyrrole nitrogens is 1. The highest BCUT2D eigenvalue weighted by Crippen LogP contribution is 2.44. The zero-order valence-electron chi connectivity index (χ0n) is 13.5. The van der Waals surface area contributed by atoms with Crippen molar-refractivity contribution in [2.45, 2.75) is 38.2 Å². The van der Waals surface area contributed by atoms with Crippen molar-refractivity contribution in [1.82, 2.24) is 9.55 Å². The van der Waals surface area contributed by atoms with Crippen molar-refractivity contribution >= 4 is 0 Å². The van der Waals surface area contributed by atoms with Crippen LogP contribution in [-0.2, 0) is 4.74 Å². The van der Waals surface area contributed by atoms with E-state index in [0.29, 0.717) is 0 Å². The summed E-state index contributed by atoms with van der Waals surface area (Å²) >= 11 is 0. The zero-order valence-corrected chi connectivity index (χ0v) is 11.5. The highest BCUT2D eigenvalue weighted by atomic mass is 19.1. The van der Waals surface area contributed by atoms with Crippen LogP contribution in [0.25, 0.3) is 10.4 Å². The molecule has 1 N–H and O–H groups in total. The number of halogens is 1. The van der Waals surface area contributed by atoms with Crippen molar-refractivity contribution in [1.29, 1.82) is 0 Å². The van der Waals surface area contributed by atoms with Gasteiger partial charge in [-0.15, -0.1) is 0 Å². The molecule has 0 spiro atoms. The minimum atomic E-state index is -2.04. The zero-order chi connectivity index (χ0) is 17.4. The number of ether oxygens (including phenoxy) is 1. The fraction of sp³-hybridized carbons (Fsp3) is 0.667. The Hall–Kier alpha value is -2.12. The van der Waals surface area contributed by atoms with Crippen molar-refractivity contribution < 1.29 is 11.9 Å². The van der Waals surface area contributed by atoms with Gasteiger partial charge in [-0.2, -0.15) is 0 Å². The fourth-order valence-corrected chi connectivity index (χ4v) is 2.41. The second-order valence-corrected chi connectivity index (χ2v) is 4.79. The molecule has 4 atom stereocenters. The molecule has 114 valence electrons. The van der Waals surface area contributed by atoms with Crippen LogP contribution in [0.1, 0.15) is 29.2 Å². The van der Waals surface area contributed by atoms with Gasteiger partial charge in [-0.25, -0.2) is 9.18 Å². The van der Waals surface area contributed by atoms with Gasteiger partial charge in [0.2, 0.25) is 0 Å². The van der Waals surface area contributed by atoms with Gasteiger partial charge in [-0.05, 0) is 11.9 Å². The molecule has 0 unspecified atom stereocenters. The van der Waals surface area contributed by atoms with E-state index in [0.717, 1.165) is 16.8 Å². The maximum atomic E-state index is 14.7. The lowest BCUT2D eigenvalue weighted by Gasteiger charge is -2.29. The minimum absolute atomic E-state index is 0.427. The number of rotatable bonds is 4. The number of nitrogens with zero attached hydrogens (tertiary/aromatic N) is 4. The molecule has 0 saturated carbocycles. The second-order valence-electron chi connectivity index (χ2n) is 4.79. The van der Waals surface area contributed by atoms with Crippen molar-refractivity contribution in [2.75, 3.05) is 6.54 Å². The third-order valence-electron chi connectivity index (χ3n) is 3.73. The lowest BCUT2D eigenvalue weighted by Crippen LogP contribution is -2.38. The number of aromatic amines is 1. The smallest absolute Gasteiger partial charge is 0.330 e. The Labute approximate surface area is 122 Å². The molecule has 1 aliphatic heterocycles. The SMILES string of the molecule is [2H]C([2H])(C)[C@@]1(CN=[N+]=[N-])O[C@@H](n2ccc(=O)[nH]c2=O)[C@H](F)[C@@H]1C. The lowest BCUT2D eigenvalue weighted by molar-refractivity contribution is -0.0860. The minimum Gasteiger partial charge on any atom is -0.348 e. The summed E-state index contributed by atoms with van der Waals surface area (Å²) in [5.41, 5.74) is 5.26. The Kier molecular flexibility index (Phi) is 3.43. The largest absolute Gasteiger partial charge is 0.348 e. The quantitative estimate of drug-likeness (QED) is 0.516. The van der Waals surface area contributed by atoms with E-state index < -0.39 is 48.1 Å². The Morgan fingerprint density at radius 1 is 1.71 bits per heavy atom. The fourth-order valence-electron chi connectivity index (χ4n) is 2.41. The van der Waals surface area contributed by atoms with E-state index in [9.17, 15) is 14.0 Å². The summed E-state index contributed by atoms with van der Waals surface area (Å²) in [6.07, 6.45) is -4.12. The average molecular weight is 299 g/mol. The molecule has 9 heteroatoms. The molecular formula is C12H16FN5O3. The molecule has 1 aromatic heterocycles. The van der Waals surface area contributed by atoms with Crippen LogP contribution < -0.4 is 11.2 Å². The summed E-state index contributed by atoms with van der Waals surface area (Å²) in [5, 5.41) is 3.35. The van der Waals surface area contributed by atoms with Crippen LogP contribution >= 0.6 is 0 Å². The standard InChI is InChI=1S/C12H16FN5O3/c1-3-12(6-15-17-14)7(2)9(13)10(21-12)18-5-4-8(19)16-11(18)20/h4-5,7,9-10H,3,6H2,1-2H3,(H,16,19,20)/t7-,9+,10+,12-/m0/s1/i3D2. The van der Waals surface area contributed by atoms with E-state index in [1.807, 2.05) is 4.98 Å². The molecule has 0 amide bonds. The first-order chi connectivity index (χ1) is 10.6. The Balaban J connectivity index is 2.52. The summed E-state index contributed by atoms with van der Waals surface area (Å²) in [5.74, 6) is -0.989. The maximum absolute atomic E-state index is 14.7. The summed E-state index contributed by atoms with van der Waals surface area (Å²) < 4.78 is 37.1. The molecule has 0 radical (unpaired) electrons. The summed E-state index contributed by atoms with van der Waals surface area (Å²) in [6.45, 7) is 2.19. The topological polar surface area (TPSA) is 113 Å². The van der Waals surface area contributed by atoms with E-state index >= 15 is 0 Å². The molecule has 1 fully saturated rings. The van der Waals surface area contributed by atoms with Gasteiger partial charge in [-0.1, -0.05) is 19.0 Å². The highest BCUT2D eigenvalue weighted by Gasteiger charge is 2.52. The van der Waals surface area contributed by atoms with Crippen LogP contribution in [0.15, 0.2) is 27.0 Å². The van der Waals surface area contributed by atoms with Crippen LogP contribution in [0.2, 0.25) is 0 Å². The molecule has 21 heavy (non-hydrogen) atoms. The predicted octanol–water partition coefficient (Wildman–Crippen LogP) is 1.50. The molecule has 0 bridgehead atoms. The molecule has 0 aliphatic carbocycles. The molecule has 1 saturated heterocycles. The second kappa shape index (κ2) is 5.71. The molecule has 2 rings (SSSR count). The molecular weight excluding hydrogens is 281 g/mol. The molecule has 1 aliphatic rings. The van der Waals surface area contributed by atoms with E-state index in [1.165, 1.54) is 13.8 Å². The first-order valence-corrected chi connectivity index (χ1v) is 6.28. The Morgan fingerprint density at radius 2 is 2.43 bits per heavy atom. The number of aromatic nitrogens is 2. The van der Waals surface area contributed by atoms with Crippen LogP contribution in [0.5, 0.6) is 0 Å². The van der Waals surface area contributed by atoms with Crippen LogP contribution in [-0.4, -0.2) is 27.9 Å². The van der Waals surface area contributed by atoms with Gasteiger partial charge in [0.05, 0.1) is 12.1 Å². The van der Waals surface area contributed by atoms with Gasteiger partial charge in [-0.3, -0.25) is 14.3 Å². The van der Waals surface area contributed by atoms with Gasteiger partial charge in [0, 0.05) is 25.8 Å². The molecule has 0 aromatic carbocycles. The molecule has 2 heterocycles. The maximum Gasteiger partial charge on any atom is 0.330 e. The van der Waals surface area contributed by atoms with Crippen LogP contribution in [0.4, 0.5) is 4.39 Å². The third kappa shape index (κ3) is 2.57. The lowest BCUT2D eigenvalue weighted by atomic mass is 9.85. The van der Waals surface area contributed by atoms with Crippen LogP contribution in [0.3, 0.4) is 0 Å². The van der Waals surface area contributed by atoms with E-state index in [-0.39, 0.29) is 0 Å². The molecule has 1 aromatic rings. The van der Waals surface area contributed by atoms with Crippen LogP contribution in [0, 0.1) is 5.92 Å². The van der Waals surface area contributed by atoms with Crippen molar-refractivity contribution in [3.05, 3.63) is 43.5 Å². The normalized spacial score (nSPS) is 34.0. The highest BCUT2D eigenvalue weighted by molar-refractivity contribution is 5.00. The van der Waals surface area contributed by atoms with Crippen molar-refractivity contribution in [2.24, 2.45) is 11.0 Å². The van der Waals surface area contributed by atoms with Gasteiger partial charge in [0.25, 0.3) is 5.56 Å². The first-order valence-electron chi connectivity index (χ1n) is 7.28. The summed E-state index contributed by atoms with van der Waals surface area (Å²) in [4.78, 5) is 27.5. The van der Waals surface area contributed by atoms with Gasteiger partial charge in [0.15, 0.2) is 12.4 Å². The predicted molar refractivity (Wildman–Crippen MR) is 72.5 cm³/mol. The van der Waals surface area contributed by atoms with Gasteiger partial charge < -0.3 is 4.74 Å². The van der Waals surface area contributed by atoms with E-state index in [4.69, 9.17) is 13.0 Å². The number of alkyl halides is 1. The number of hydrogen-bond donors (Lipinski definition) is 1. The van der Waals surface area contributed by atoms with Crippen molar-refractivity contribution in [3.8, 4) is 0 Å².